The zero-order valence-electron chi connectivity index (χ0n) is 9.57. The number of hydrogen-bond donors (Lipinski definition) is 3. The zero-order chi connectivity index (χ0) is 13.1. The van der Waals surface area contributed by atoms with E-state index >= 15 is 0 Å². The Hall–Kier alpha value is -1.75. The van der Waals surface area contributed by atoms with Gasteiger partial charge in [-0.15, -0.1) is 0 Å². The molecule has 0 aromatic heterocycles. The van der Waals surface area contributed by atoms with Crippen molar-refractivity contribution in [1.82, 2.24) is 5.32 Å². The van der Waals surface area contributed by atoms with Gasteiger partial charge >= 0.3 is 5.97 Å². The predicted octanol–water partition coefficient (Wildman–Crippen LogP) is 1.73. The Kier molecular flexibility index (Phi) is 3.72. The summed E-state index contributed by atoms with van der Waals surface area (Å²) in [4.78, 5) is 22.5. The van der Waals surface area contributed by atoms with Gasteiger partial charge in [-0.1, -0.05) is 11.6 Å². The van der Waals surface area contributed by atoms with Gasteiger partial charge in [-0.05, 0) is 31.0 Å². The lowest BCUT2D eigenvalue weighted by Gasteiger charge is -2.10. The molecule has 0 bridgehead atoms. The number of anilines is 1. The second-order valence-corrected chi connectivity index (χ2v) is 4.63. The van der Waals surface area contributed by atoms with Crippen LogP contribution in [0, 0.1) is 0 Å². The number of rotatable bonds is 5. The van der Waals surface area contributed by atoms with E-state index < -0.39 is 5.97 Å². The minimum absolute atomic E-state index is 0.0540. The molecule has 1 aromatic rings. The second kappa shape index (κ2) is 5.27. The molecule has 0 spiro atoms. The Balaban J connectivity index is 1.99. The van der Waals surface area contributed by atoms with Gasteiger partial charge in [0.25, 0.3) is 0 Å². The molecule has 3 N–H and O–H groups in total. The average Bonchev–Trinajstić information content (AvgIpc) is 3.11. The molecule has 2 rings (SSSR count). The number of carbonyl (C=O) groups excluding carboxylic acids is 1. The number of carbonyl (C=O) groups is 2. The molecule has 6 heteroatoms. The number of amides is 1. The molecule has 0 saturated heterocycles. The Morgan fingerprint density at radius 1 is 1.39 bits per heavy atom. The molecular weight excluding hydrogens is 256 g/mol. The Morgan fingerprint density at radius 2 is 2.11 bits per heavy atom. The molecule has 1 saturated carbocycles. The fourth-order valence-electron chi connectivity index (χ4n) is 1.53. The lowest BCUT2D eigenvalue weighted by Crippen LogP contribution is -2.31. The number of halogens is 1. The zero-order valence-corrected chi connectivity index (χ0v) is 10.3. The average molecular weight is 269 g/mol. The summed E-state index contributed by atoms with van der Waals surface area (Å²) in [6.45, 7) is 0.0540. The molecular formula is C12H13ClN2O3. The Morgan fingerprint density at radius 3 is 2.72 bits per heavy atom. The van der Waals surface area contributed by atoms with Crippen molar-refractivity contribution in [3.8, 4) is 0 Å². The van der Waals surface area contributed by atoms with Gasteiger partial charge in [-0.2, -0.15) is 0 Å². The van der Waals surface area contributed by atoms with Crippen LogP contribution in [0.1, 0.15) is 23.2 Å². The van der Waals surface area contributed by atoms with Gasteiger partial charge in [0.15, 0.2) is 0 Å². The normalized spacial score (nSPS) is 14.1. The number of nitrogens with one attached hydrogen (secondary N) is 2. The number of benzene rings is 1. The van der Waals surface area contributed by atoms with E-state index in [1.54, 1.807) is 12.1 Å². The van der Waals surface area contributed by atoms with Crippen molar-refractivity contribution in [3.05, 3.63) is 28.8 Å². The molecule has 1 aliphatic rings. The Bertz CT molecular complexity index is 486. The van der Waals surface area contributed by atoms with Gasteiger partial charge in [0.05, 0.1) is 12.1 Å². The molecule has 0 atom stereocenters. The number of hydrogen-bond acceptors (Lipinski definition) is 3. The lowest BCUT2D eigenvalue weighted by molar-refractivity contribution is -0.119. The van der Waals surface area contributed by atoms with Crippen molar-refractivity contribution in [1.29, 1.82) is 0 Å². The van der Waals surface area contributed by atoms with Crippen molar-refractivity contribution in [3.63, 3.8) is 0 Å². The van der Waals surface area contributed by atoms with Gasteiger partial charge < -0.3 is 15.7 Å². The number of carboxylic acids is 1. The lowest BCUT2D eigenvalue weighted by atomic mass is 10.2. The first-order chi connectivity index (χ1) is 8.56. The highest BCUT2D eigenvalue weighted by Crippen LogP contribution is 2.21. The fourth-order valence-corrected chi connectivity index (χ4v) is 1.70. The molecule has 18 heavy (non-hydrogen) atoms. The molecule has 1 amide bonds. The molecule has 1 aliphatic carbocycles. The highest BCUT2D eigenvalue weighted by atomic mass is 35.5. The van der Waals surface area contributed by atoms with E-state index in [9.17, 15) is 9.59 Å². The van der Waals surface area contributed by atoms with Crippen LogP contribution in [0.4, 0.5) is 5.69 Å². The molecule has 0 heterocycles. The van der Waals surface area contributed by atoms with Crippen molar-refractivity contribution in [2.45, 2.75) is 18.9 Å². The molecule has 0 aliphatic heterocycles. The molecule has 1 aromatic carbocycles. The third kappa shape index (κ3) is 3.37. The first-order valence-electron chi connectivity index (χ1n) is 5.62. The van der Waals surface area contributed by atoms with E-state index in [1.165, 1.54) is 6.07 Å². The number of carboxylic acid groups (broad SMARTS) is 1. The first-order valence-corrected chi connectivity index (χ1v) is 6.00. The maximum absolute atomic E-state index is 11.5. The van der Waals surface area contributed by atoms with Crippen molar-refractivity contribution in [2.75, 3.05) is 11.9 Å². The summed E-state index contributed by atoms with van der Waals surface area (Å²) in [6.07, 6.45) is 2.04. The quantitative estimate of drug-likeness (QED) is 0.760. The third-order valence-corrected chi connectivity index (χ3v) is 2.83. The van der Waals surface area contributed by atoms with Crippen molar-refractivity contribution in [2.24, 2.45) is 0 Å². The van der Waals surface area contributed by atoms with Crippen LogP contribution in [0.15, 0.2) is 18.2 Å². The van der Waals surface area contributed by atoms with Crippen LogP contribution in [-0.2, 0) is 4.79 Å². The summed E-state index contributed by atoms with van der Waals surface area (Å²) in [5.41, 5.74) is 0.444. The SMILES string of the molecule is O=C(CNc1ccc(Cl)cc1C(=O)O)NC1CC1. The summed E-state index contributed by atoms with van der Waals surface area (Å²) < 4.78 is 0. The van der Waals surface area contributed by atoms with Crippen LogP contribution in [-0.4, -0.2) is 29.6 Å². The molecule has 1 fully saturated rings. The van der Waals surface area contributed by atoms with Crippen LogP contribution >= 0.6 is 11.6 Å². The molecule has 0 radical (unpaired) electrons. The van der Waals surface area contributed by atoms with Gasteiger partial charge in [-0.25, -0.2) is 4.79 Å². The summed E-state index contributed by atoms with van der Waals surface area (Å²) in [7, 11) is 0. The van der Waals surface area contributed by atoms with Crippen LogP contribution in [0.25, 0.3) is 0 Å². The van der Waals surface area contributed by atoms with Gasteiger partial charge in [0, 0.05) is 16.8 Å². The molecule has 5 nitrogen and oxygen atoms in total. The van der Waals surface area contributed by atoms with Crippen LogP contribution in [0.5, 0.6) is 0 Å². The largest absolute Gasteiger partial charge is 0.478 e. The summed E-state index contributed by atoms with van der Waals surface area (Å²) >= 11 is 5.73. The third-order valence-electron chi connectivity index (χ3n) is 2.59. The highest BCUT2D eigenvalue weighted by Gasteiger charge is 2.23. The maximum Gasteiger partial charge on any atom is 0.337 e. The Labute approximate surface area is 109 Å². The monoisotopic (exact) mass is 268 g/mol. The van der Waals surface area contributed by atoms with Gasteiger partial charge in [0.1, 0.15) is 0 Å². The van der Waals surface area contributed by atoms with Gasteiger partial charge in [-0.3, -0.25) is 4.79 Å². The first kappa shape index (κ1) is 12.7. The van der Waals surface area contributed by atoms with Crippen molar-refractivity contribution < 1.29 is 14.7 Å². The van der Waals surface area contributed by atoms with Crippen molar-refractivity contribution >= 4 is 29.2 Å². The molecule has 0 unspecified atom stereocenters. The van der Waals surface area contributed by atoms with E-state index in [0.717, 1.165) is 12.8 Å². The van der Waals surface area contributed by atoms with Crippen LogP contribution in [0.2, 0.25) is 5.02 Å². The topological polar surface area (TPSA) is 78.4 Å². The minimum Gasteiger partial charge on any atom is -0.478 e. The predicted molar refractivity (Wildman–Crippen MR) is 68.1 cm³/mol. The maximum atomic E-state index is 11.5. The van der Waals surface area contributed by atoms with E-state index in [2.05, 4.69) is 10.6 Å². The summed E-state index contributed by atoms with van der Waals surface area (Å²) in [5, 5.41) is 15.0. The van der Waals surface area contributed by atoms with E-state index in [1.807, 2.05) is 0 Å². The van der Waals surface area contributed by atoms with E-state index in [0.29, 0.717) is 16.8 Å². The van der Waals surface area contributed by atoms with Gasteiger partial charge in [0.2, 0.25) is 5.91 Å². The number of aromatic carboxylic acids is 1. The minimum atomic E-state index is -1.08. The van der Waals surface area contributed by atoms with Crippen LogP contribution < -0.4 is 10.6 Å². The summed E-state index contributed by atoms with van der Waals surface area (Å²) in [6, 6.07) is 4.78. The smallest absolute Gasteiger partial charge is 0.337 e. The fraction of sp³-hybridized carbons (Fsp3) is 0.333. The highest BCUT2D eigenvalue weighted by molar-refractivity contribution is 6.31. The summed E-state index contributed by atoms with van der Waals surface area (Å²) in [5.74, 6) is -1.22. The standard InChI is InChI=1S/C12H13ClN2O3/c13-7-1-4-10(9(5-7)12(17)18)14-6-11(16)15-8-2-3-8/h1,4-5,8,14H,2-3,6H2,(H,15,16)(H,17,18). The second-order valence-electron chi connectivity index (χ2n) is 4.19. The van der Waals surface area contributed by atoms with Crippen LogP contribution in [0.3, 0.4) is 0 Å². The van der Waals surface area contributed by atoms with E-state index in [4.69, 9.17) is 16.7 Å². The molecule has 96 valence electrons. The van der Waals surface area contributed by atoms with E-state index in [-0.39, 0.29) is 18.0 Å².